The Morgan fingerprint density at radius 3 is 2.37 bits per heavy atom. The Balaban J connectivity index is 2.58. The van der Waals surface area contributed by atoms with Crippen molar-refractivity contribution in [2.75, 3.05) is 0 Å². The summed E-state index contributed by atoms with van der Waals surface area (Å²) in [6, 6.07) is 9.57. The second-order valence-electron chi connectivity index (χ2n) is 11.1. The average molecular weight is 504 g/mol. The van der Waals surface area contributed by atoms with Crippen LogP contribution in [0, 0.1) is 0 Å². The van der Waals surface area contributed by atoms with E-state index in [1.54, 1.807) is 0 Å². The van der Waals surface area contributed by atoms with Gasteiger partial charge in [0.1, 0.15) is 12.4 Å². The van der Waals surface area contributed by atoms with Gasteiger partial charge in [0, 0.05) is 18.9 Å². The molecule has 0 spiro atoms. The summed E-state index contributed by atoms with van der Waals surface area (Å²) >= 11 is 0. The van der Waals surface area contributed by atoms with E-state index < -0.39 is 14.4 Å². The molecule has 0 fully saturated rings. The molecular weight excluding hydrogens is 454 g/mol. The molecule has 0 aromatic heterocycles. The molecule has 35 heavy (non-hydrogen) atoms. The van der Waals surface area contributed by atoms with Crippen molar-refractivity contribution in [2.24, 2.45) is 0 Å². The van der Waals surface area contributed by atoms with Gasteiger partial charge in [0.2, 0.25) is 0 Å². The number of nitrogens with one attached hydrogen (secondary N) is 1. The SMILES string of the molecule is CCCCCCC(=O)CCC(/C=C/C[C@H](C)NC(=O)OCc1ccccc1)O[Si](C)(C)C(C)(C)C. The molecule has 1 aromatic rings. The predicted molar refractivity (Wildman–Crippen MR) is 148 cm³/mol. The fourth-order valence-electron chi connectivity index (χ4n) is 3.39. The number of ketones is 1. The highest BCUT2D eigenvalue weighted by Crippen LogP contribution is 2.38. The van der Waals surface area contributed by atoms with Crippen LogP contribution >= 0.6 is 0 Å². The summed E-state index contributed by atoms with van der Waals surface area (Å²) in [6.07, 6.45) is 10.7. The van der Waals surface area contributed by atoms with Gasteiger partial charge in [-0.2, -0.15) is 0 Å². The third-order valence-corrected chi connectivity index (χ3v) is 11.2. The summed E-state index contributed by atoms with van der Waals surface area (Å²) in [7, 11) is -1.97. The van der Waals surface area contributed by atoms with E-state index in [0.29, 0.717) is 31.5 Å². The van der Waals surface area contributed by atoms with Gasteiger partial charge < -0.3 is 14.5 Å². The van der Waals surface area contributed by atoms with E-state index in [9.17, 15) is 9.59 Å². The predicted octanol–water partition coefficient (Wildman–Crippen LogP) is 7.96. The Bertz CT molecular complexity index is 771. The lowest BCUT2D eigenvalue weighted by Crippen LogP contribution is -2.43. The molecule has 1 aromatic carbocycles. The third kappa shape index (κ3) is 13.7. The van der Waals surface area contributed by atoms with E-state index in [1.807, 2.05) is 37.3 Å². The second kappa shape index (κ2) is 15.9. The van der Waals surface area contributed by atoms with Crippen molar-refractivity contribution in [3.63, 3.8) is 0 Å². The summed E-state index contributed by atoms with van der Waals surface area (Å²) in [5, 5.41) is 2.98. The van der Waals surface area contributed by atoms with Crippen LogP contribution in [0.3, 0.4) is 0 Å². The van der Waals surface area contributed by atoms with Crippen LogP contribution in [0.2, 0.25) is 18.1 Å². The van der Waals surface area contributed by atoms with E-state index in [2.05, 4.69) is 58.3 Å². The highest BCUT2D eigenvalue weighted by atomic mass is 28.4. The Kier molecular flexibility index (Phi) is 14.2. The first-order valence-corrected chi connectivity index (χ1v) is 16.2. The largest absolute Gasteiger partial charge is 0.445 e. The molecule has 0 heterocycles. The lowest BCUT2D eigenvalue weighted by molar-refractivity contribution is -0.119. The van der Waals surface area contributed by atoms with Crippen LogP contribution in [-0.2, 0) is 20.6 Å². The molecule has 0 radical (unpaired) electrons. The van der Waals surface area contributed by atoms with E-state index in [4.69, 9.17) is 9.16 Å². The van der Waals surface area contributed by atoms with Crippen LogP contribution in [0.5, 0.6) is 0 Å². The van der Waals surface area contributed by atoms with E-state index in [-0.39, 0.29) is 23.8 Å². The van der Waals surface area contributed by atoms with E-state index >= 15 is 0 Å². The molecule has 6 heteroatoms. The number of ether oxygens (including phenoxy) is 1. The Morgan fingerprint density at radius 2 is 1.74 bits per heavy atom. The molecule has 0 aliphatic rings. The lowest BCUT2D eigenvalue weighted by atomic mass is 10.0. The number of rotatable bonds is 16. The zero-order chi connectivity index (χ0) is 26.3. The number of carbonyl (C=O) groups is 2. The van der Waals surface area contributed by atoms with Gasteiger partial charge in [0.25, 0.3) is 0 Å². The molecule has 5 nitrogen and oxygen atoms in total. The Morgan fingerprint density at radius 1 is 1.06 bits per heavy atom. The summed E-state index contributed by atoms with van der Waals surface area (Å²) in [4.78, 5) is 24.5. The molecule has 0 bridgehead atoms. The van der Waals surface area contributed by atoms with Gasteiger partial charge >= 0.3 is 6.09 Å². The van der Waals surface area contributed by atoms with Gasteiger partial charge in [-0.05, 0) is 49.9 Å². The van der Waals surface area contributed by atoms with E-state index in [0.717, 1.165) is 18.4 Å². The molecule has 2 atom stereocenters. The molecule has 1 amide bonds. The number of unbranched alkanes of at least 4 members (excludes halogenated alkanes) is 3. The lowest BCUT2D eigenvalue weighted by Gasteiger charge is -2.38. The monoisotopic (exact) mass is 503 g/mol. The van der Waals surface area contributed by atoms with Gasteiger partial charge in [-0.25, -0.2) is 4.79 Å². The number of hydrogen-bond acceptors (Lipinski definition) is 4. The highest BCUT2D eigenvalue weighted by molar-refractivity contribution is 6.74. The van der Waals surface area contributed by atoms with Gasteiger partial charge in [0.05, 0.1) is 6.10 Å². The highest BCUT2D eigenvalue weighted by Gasteiger charge is 2.38. The normalized spacial score (nSPS) is 14.0. The molecule has 0 aliphatic carbocycles. The minimum Gasteiger partial charge on any atom is -0.445 e. The number of carbonyl (C=O) groups excluding carboxylic acids is 2. The first-order valence-electron chi connectivity index (χ1n) is 13.3. The molecule has 1 N–H and O–H groups in total. The van der Waals surface area contributed by atoms with Crippen LogP contribution < -0.4 is 5.32 Å². The zero-order valence-corrected chi connectivity index (χ0v) is 24.2. The van der Waals surface area contributed by atoms with Gasteiger partial charge in [0.15, 0.2) is 8.32 Å². The van der Waals surface area contributed by atoms with Crippen molar-refractivity contribution in [1.29, 1.82) is 0 Å². The van der Waals surface area contributed by atoms with Crippen molar-refractivity contribution in [1.82, 2.24) is 5.32 Å². The third-order valence-electron chi connectivity index (χ3n) is 6.69. The molecule has 0 saturated heterocycles. The molecular formula is C29H49NO4Si. The quantitative estimate of drug-likeness (QED) is 0.141. The maximum atomic E-state index is 12.4. The number of hydrogen-bond donors (Lipinski definition) is 1. The molecule has 198 valence electrons. The summed E-state index contributed by atoms with van der Waals surface area (Å²) in [5.74, 6) is 0.328. The maximum Gasteiger partial charge on any atom is 0.407 e. The number of amides is 1. The zero-order valence-electron chi connectivity index (χ0n) is 23.2. The smallest absolute Gasteiger partial charge is 0.407 e. The second-order valence-corrected chi connectivity index (χ2v) is 15.8. The van der Waals surface area contributed by atoms with Crippen molar-refractivity contribution in [3.8, 4) is 0 Å². The van der Waals surface area contributed by atoms with Gasteiger partial charge in [-0.1, -0.05) is 89.4 Å². The van der Waals surface area contributed by atoms with Crippen LogP contribution in [0.25, 0.3) is 0 Å². The molecule has 1 unspecified atom stereocenters. The van der Waals surface area contributed by atoms with Crippen LogP contribution in [-0.4, -0.2) is 32.3 Å². The molecule has 0 saturated carbocycles. The molecule has 0 aliphatic heterocycles. The maximum absolute atomic E-state index is 12.4. The summed E-state index contributed by atoms with van der Waals surface area (Å²) in [6.45, 7) is 15.6. The summed E-state index contributed by atoms with van der Waals surface area (Å²) < 4.78 is 11.9. The number of alkyl carbamates (subject to hydrolysis) is 1. The number of benzene rings is 1. The summed E-state index contributed by atoms with van der Waals surface area (Å²) in [5.41, 5.74) is 0.959. The van der Waals surface area contributed by atoms with Gasteiger partial charge in [-0.3, -0.25) is 4.79 Å². The average Bonchev–Trinajstić information content (AvgIpc) is 2.78. The van der Waals surface area contributed by atoms with Crippen molar-refractivity contribution in [3.05, 3.63) is 48.0 Å². The minimum absolute atomic E-state index is 0.0664. The van der Waals surface area contributed by atoms with Crippen LogP contribution in [0.1, 0.15) is 91.5 Å². The standard InChI is InChI=1S/C29H49NO4Si/c1-8-9-10-14-19-26(31)21-22-27(34-35(6,7)29(3,4)5)20-15-16-24(2)30-28(32)33-23-25-17-12-11-13-18-25/h11-13,15,17-18,20,24,27H,8-10,14,16,19,21-23H2,1-7H3,(H,30,32)/b20-15+/t24-,27?/m0/s1. The fraction of sp³-hybridized carbons (Fsp3) is 0.655. The first kappa shape index (κ1) is 31.1. The van der Waals surface area contributed by atoms with Gasteiger partial charge in [-0.15, -0.1) is 0 Å². The van der Waals surface area contributed by atoms with Crippen LogP contribution in [0.4, 0.5) is 4.79 Å². The topological polar surface area (TPSA) is 64.6 Å². The van der Waals surface area contributed by atoms with E-state index in [1.165, 1.54) is 12.8 Å². The van der Waals surface area contributed by atoms with Crippen molar-refractivity contribution in [2.45, 2.75) is 123 Å². The van der Waals surface area contributed by atoms with Crippen molar-refractivity contribution >= 4 is 20.2 Å². The Hall–Kier alpha value is -1.92. The first-order chi connectivity index (χ1) is 16.4. The Labute approximate surface area is 215 Å². The van der Waals surface area contributed by atoms with Crippen molar-refractivity contribution < 1.29 is 18.8 Å². The van der Waals surface area contributed by atoms with Crippen LogP contribution in [0.15, 0.2) is 42.5 Å². The fourth-order valence-corrected chi connectivity index (χ4v) is 4.69. The number of Topliss-reactive ketones (excluding diaryl/α,β-unsaturated/α-hetero) is 1. The minimum atomic E-state index is -1.97. The molecule has 1 rings (SSSR count).